The van der Waals surface area contributed by atoms with Crippen LogP contribution in [-0.2, 0) is 6.54 Å². The van der Waals surface area contributed by atoms with E-state index in [0.29, 0.717) is 24.5 Å². The van der Waals surface area contributed by atoms with Crippen LogP contribution < -0.4 is 11.1 Å². The molecule has 3 N–H and O–H groups in total. The zero-order valence-corrected chi connectivity index (χ0v) is 12.1. The van der Waals surface area contributed by atoms with Crippen LogP contribution in [0.5, 0.6) is 0 Å². The number of aryl methyl sites for hydroxylation is 1. The number of nitrogens with zero attached hydrogens (tertiary/aromatic N) is 3. The summed E-state index contributed by atoms with van der Waals surface area (Å²) in [6, 6.07) is 0. The lowest BCUT2D eigenvalue weighted by molar-refractivity contribution is 0.0947. The maximum Gasteiger partial charge on any atom is 0.273 e. The molecule has 1 amide bonds. The van der Waals surface area contributed by atoms with E-state index >= 15 is 0 Å². The third kappa shape index (κ3) is 4.55. The van der Waals surface area contributed by atoms with Crippen LogP contribution in [0.15, 0.2) is 6.20 Å². The number of carbonyl (C=O) groups is 1. The fourth-order valence-corrected chi connectivity index (χ4v) is 1.90. The molecule has 6 nitrogen and oxygen atoms in total. The second kappa shape index (κ2) is 7.78. The molecule has 19 heavy (non-hydrogen) atoms. The predicted octanol–water partition coefficient (Wildman–Crippen LogP) is 0.947. The Morgan fingerprint density at radius 1 is 1.42 bits per heavy atom. The summed E-state index contributed by atoms with van der Waals surface area (Å²) in [4.78, 5) is 14.2. The minimum absolute atomic E-state index is 0.191. The maximum atomic E-state index is 11.9. The number of anilines is 1. The first kappa shape index (κ1) is 15.5. The van der Waals surface area contributed by atoms with E-state index < -0.39 is 0 Å². The summed E-state index contributed by atoms with van der Waals surface area (Å²) in [7, 11) is 0. The molecule has 108 valence electrons. The van der Waals surface area contributed by atoms with E-state index in [1.54, 1.807) is 10.9 Å². The van der Waals surface area contributed by atoms with Crippen molar-refractivity contribution in [2.24, 2.45) is 0 Å². The number of hydrogen-bond acceptors (Lipinski definition) is 4. The number of rotatable bonds is 8. The molecule has 0 aliphatic carbocycles. The molecule has 1 heterocycles. The van der Waals surface area contributed by atoms with Crippen LogP contribution in [0.4, 0.5) is 5.69 Å². The Hall–Kier alpha value is -1.56. The SMILES string of the molecule is CCN(CC)CCCNC(=O)c1nn(CC)cc1N. The minimum Gasteiger partial charge on any atom is -0.396 e. The highest BCUT2D eigenvalue weighted by molar-refractivity contribution is 5.96. The topological polar surface area (TPSA) is 76.2 Å². The predicted molar refractivity (Wildman–Crippen MR) is 77.1 cm³/mol. The van der Waals surface area contributed by atoms with Gasteiger partial charge in [0, 0.05) is 19.3 Å². The maximum absolute atomic E-state index is 11.9. The molecular weight excluding hydrogens is 242 g/mol. The first-order chi connectivity index (χ1) is 9.12. The van der Waals surface area contributed by atoms with Crippen molar-refractivity contribution in [3.8, 4) is 0 Å². The van der Waals surface area contributed by atoms with E-state index in [9.17, 15) is 4.79 Å². The fourth-order valence-electron chi connectivity index (χ4n) is 1.90. The highest BCUT2D eigenvalue weighted by atomic mass is 16.1. The number of nitrogen functional groups attached to an aromatic ring is 1. The molecule has 0 bridgehead atoms. The second-order valence-electron chi connectivity index (χ2n) is 4.43. The summed E-state index contributed by atoms with van der Waals surface area (Å²) in [5.74, 6) is -0.191. The van der Waals surface area contributed by atoms with Gasteiger partial charge in [-0.05, 0) is 33.0 Å². The van der Waals surface area contributed by atoms with Crippen LogP contribution in [-0.4, -0.2) is 46.8 Å². The van der Waals surface area contributed by atoms with Crippen LogP contribution in [0.1, 0.15) is 37.7 Å². The zero-order valence-electron chi connectivity index (χ0n) is 12.1. The number of amides is 1. The average Bonchev–Trinajstić information content (AvgIpc) is 2.80. The summed E-state index contributed by atoms with van der Waals surface area (Å²) >= 11 is 0. The molecule has 1 rings (SSSR count). The quantitative estimate of drug-likeness (QED) is 0.688. The molecule has 0 unspecified atom stereocenters. The van der Waals surface area contributed by atoms with Gasteiger partial charge in [-0.1, -0.05) is 13.8 Å². The Balaban J connectivity index is 2.36. The highest BCUT2D eigenvalue weighted by Gasteiger charge is 2.13. The molecule has 0 aliphatic heterocycles. The molecule has 0 saturated carbocycles. The number of carbonyl (C=O) groups excluding carboxylic acids is 1. The molecule has 1 aromatic heterocycles. The number of nitrogens with one attached hydrogen (secondary N) is 1. The number of hydrogen-bond donors (Lipinski definition) is 2. The van der Waals surface area contributed by atoms with Gasteiger partial charge >= 0.3 is 0 Å². The van der Waals surface area contributed by atoms with Gasteiger partial charge in [0.05, 0.1) is 5.69 Å². The molecule has 0 fully saturated rings. The largest absolute Gasteiger partial charge is 0.396 e. The van der Waals surface area contributed by atoms with Gasteiger partial charge in [0.25, 0.3) is 5.91 Å². The molecule has 0 radical (unpaired) electrons. The molecule has 0 aromatic carbocycles. The van der Waals surface area contributed by atoms with Crippen molar-refractivity contribution in [1.29, 1.82) is 0 Å². The molecule has 1 aromatic rings. The zero-order chi connectivity index (χ0) is 14.3. The van der Waals surface area contributed by atoms with Crippen LogP contribution >= 0.6 is 0 Å². The first-order valence-corrected chi connectivity index (χ1v) is 6.95. The summed E-state index contributed by atoms with van der Waals surface area (Å²) in [5.41, 5.74) is 6.52. The summed E-state index contributed by atoms with van der Waals surface area (Å²) in [6.07, 6.45) is 2.62. The van der Waals surface area contributed by atoms with Crippen molar-refractivity contribution in [2.45, 2.75) is 33.7 Å². The van der Waals surface area contributed by atoms with Crippen molar-refractivity contribution < 1.29 is 4.79 Å². The van der Waals surface area contributed by atoms with Crippen molar-refractivity contribution in [2.75, 3.05) is 31.9 Å². The van der Waals surface area contributed by atoms with Crippen LogP contribution in [0.25, 0.3) is 0 Å². The number of aromatic nitrogens is 2. The standard InChI is InChI=1S/C13H25N5O/c1-4-17(5-2)9-7-8-15-13(19)12-11(14)10-18(6-3)16-12/h10H,4-9,14H2,1-3H3,(H,15,19). The van der Waals surface area contributed by atoms with Gasteiger partial charge in [-0.3, -0.25) is 9.48 Å². The lowest BCUT2D eigenvalue weighted by Gasteiger charge is -2.17. The monoisotopic (exact) mass is 267 g/mol. The lowest BCUT2D eigenvalue weighted by atomic mass is 10.3. The third-order valence-corrected chi connectivity index (χ3v) is 3.16. The fraction of sp³-hybridized carbons (Fsp3) is 0.692. The van der Waals surface area contributed by atoms with E-state index in [-0.39, 0.29) is 5.91 Å². The third-order valence-electron chi connectivity index (χ3n) is 3.16. The van der Waals surface area contributed by atoms with Crippen LogP contribution in [0.2, 0.25) is 0 Å². The van der Waals surface area contributed by atoms with E-state index in [2.05, 4.69) is 29.2 Å². The normalized spacial score (nSPS) is 10.9. The van der Waals surface area contributed by atoms with E-state index in [4.69, 9.17) is 5.73 Å². The summed E-state index contributed by atoms with van der Waals surface area (Å²) < 4.78 is 1.67. The average molecular weight is 267 g/mol. The molecule has 6 heteroatoms. The highest BCUT2D eigenvalue weighted by Crippen LogP contribution is 2.08. The minimum atomic E-state index is -0.191. The summed E-state index contributed by atoms with van der Waals surface area (Å²) in [5, 5.41) is 7.00. The van der Waals surface area contributed by atoms with E-state index in [0.717, 1.165) is 26.1 Å². The Bertz CT molecular complexity index is 398. The Morgan fingerprint density at radius 2 is 2.11 bits per heavy atom. The van der Waals surface area contributed by atoms with Gasteiger partial charge in [0.2, 0.25) is 0 Å². The van der Waals surface area contributed by atoms with Gasteiger partial charge in [-0.15, -0.1) is 0 Å². The van der Waals surface area contributed by atoms with Crippen molar-refractivity contribution in [1.82, 2.24) is 20.0 Å². The van der Waals surface area contributed by atoms with E-state index in [1.807, 2.05) is 6.92 Å². The van der Waals surface area contributed by atoms with Gasteiger partial charge in [0.15, 0.2) is 5.69 Å². The summed E-state index contributed by atoms with van der Waals surface area (Å²) in [6.45, 7) is 10.7. The van der Waals surface area contributed by atoms with E-state index in [1.165, 1.54) is 0 Å². The Labute approximate surface area is 114 Å². The lowest BCUT2D eigenvalue weighted by Crippen LogP contribution is -2.30. The first-order valence-electron chi connectivity index (χ1n) is 6.95. The molecule has 0 spiro atoms. The van der Waals surface area contributed by atoms with Crippen molar-refractivity contribution >= 4 is 11.6 Å². The van der Waals surface area contributed by atoms with Gasteiger partial charge in [-0.2, -0.15) is 5.10 Å². The Kier molecular flexibility index (Phi) is 6.35. The molecular formula is C13H25N5O. The number of nitrogens with two attached hydrogens (primary N) is 1. The second-order valence-corrected chi connectivity index (χ2v) is 4.43. The van der Waals surface area contributed by atoms with Crippen molar-refractivity contribution in [3.05, 3.63) is 11.9 Å². The Morgan fingerprint density at radius 3 is 2.63 bits per heavy atom. The van der Waals surface area contributed by atoms with Crippen LogP contribution in [0, 0.1) is 0 Å². The van der Waals surface area contributed by atoms with Crippen molar-refractivity contribution in [3.63, 3.8) is 0 Å². The van der Waals surface area contributed by atoms with Gasteiger partial charge in [-0.25, -0.2) is 0 Å². The molecule has 0 atom stereocenters. The smallest absolute Gasteiger partial charge is 0.273 e. The van der Waals surface area contributed by atoms with Crippen LogP contribution in [0.3, 0.4) is 0 Å². The van der Waals surface area contributed by atoms with Gasteiger partial charge < -0.3 is 16.0 Å². The molecule has 0 saturated heterocycles. The molecule has 0 aliphatic rings. The van der Waals surface area contributed by atoms with Gasteiger partial charge in [0.1, 0.15) is 0 Å².